The van der Waals surface area contributed by atoms with Crippen molar-refractivity contribution in [2.24, 2.45) is 0 Å². The fourth-order valence-corrected chi connectivity index (χ4v) is 2.60. The molecule has 5 heteroatoms. The van der Waals surface area contributed by atoms with Crippen molar-refractivity contribution in [1.29, 1.82) is 0 Å². The van der Waals surface area contributed by atoms with Crippen molar-refractivity contribution >= 4 is 34.8 Å². The van der Waals surface area contributed by atoms with E-state index < -0.39 is 0 Å². The van der Waals surface area contributed by atoms with E-state index in [0.29, 0.717) is 22.7 Å². The van der Waals surface area contributed by atoms with Crippen LogP contribution in [0, 0.1) is 0 Å². The number of aromatic nitrogens is 2. The molecule has 0 unspecified atom stereocenters. The topological polar surface area (TPSA) is 37.8 Å². The summed E-state index contributed by atoms with van der Waals surface area (Å²) in [6, 6.07) is 19.6. The summed E-state index contributed by atoms with van der Waals surface area (Å²) in [7, 11) is 0. The number of anilines is 2. The van der Waals surface area contributed by atoms with Gasteiger partial charge in [-0.2, -0.15) is 0 Å². The van der Waals surface area contributed by atoms with Crippen LogP contribution in [0.2, 0.25) is 10.3 Å². The predicted octanol–water partition coefficient (Wildman–Crippen LogP) is 5.12. The summed E-state index contributed by atoms with van der Waals surface area (Å²) in [6.07, 6.45) is 0.601. The number of nitrogens with zero attached hydrogens (tertiary/aromatic N) is 2. The van der Waals surface area contributed by atoms with Crippen molar-refractivity contribution < 1.29 is 0 Å². The van der Waals surface area contributed by atoms with Crippen LogP contribution in [-0.2, 0) is 6.42 Å². The minimum absolute atomic E-state index is 0.363. The molecule has 0 fully saturated rings. The first-order valence-electron chi connectivity index (χ1n) is 6.80. The molecule has 0 aliphatic heterocycles. The predicted molar refractivity (Wildman–Crippen MR) is 91.0 cm³/mol. The van der Waals surface area contributed by atoms with Crippen LogP contribution >= 0.6 is 23.2 Å². The van der Waals surface area contributed by atoms with E-state index in [1.807, 2.05) is 60.7 Å². The Labute approximate surface area is 139 Å². The van der Waals surface area contributed by atoms with Gasteiger partial charge in [-0.15, -0.1) is 0 Å². The molecule has 3 aromatic rings. The number of benzene rings is 2. The Morgan fingerprint density at radius 2 is 1.32 bits per heavy atom. The molecule has 3 rings (SSSR count). The lowest BCUT2D eigenvalue weighted by Gasteiger charge is -2.10. The van der Waals surface area contributed by atoms with E-state index in [-0.39, 0.29) is 0 Å². The van der Waals surface area contributed by atoms with Gasteiger partial charge in [0.05, 0.1) is 0 Å². The monoisotopic (exact) mass is 329 g/mol. The van der Waals surface area contributed by atoms with Gasteiger partial charge in [0.1, 0.15) is 10.3 Å². The van der Waals surface area contributed by atoms with Crippen LogP contribution in [0.4, 0.5) is 11.6 Å². The normalized spacial score (nSPS) is 10.5. The number of hydrogen-bond acceptors (Lipinski definition) is 3. The van der Waals surface area contributed by atoms with E-state index in [2.05, 4.69) is 15.3 Å². The maximum atomic E-state index is 6.28. The Kier molecular flexibility index (Phi) is 4.56. The van der Waals surface area contributed by atoms with Gasteiger partial charge in [0.15, 0.2) is 0 Å². The van der Waals surface area contributed by atoms with Crippen LogP contribution in [0.15, 0.2) is 60.7 Å². The number of rotatable bonds is 4. The molecule has 2 aromatic carbocycles. The van der Waals surface area contributed by atoms with Gasteiger partial charge in [-0.3, -0.25) is 0 Å². The molecular weight excluding hydrogens is 317 g/mol. The average Bonchev–Trinajstić information content (AvgIpc) is 2.53. The molecule has 0 spiro atoms. The van der Waals surface area contributed by atoms with Crippen molar-refractivity contribution in [1.82, 2.24) is 9.97 Å². The third-order valence-corrected chi connectivity index (χ3v) is 3.79. The summed E-state index contributed by atoms with van der Waals surface area (Å²) in [6.45, 7) is 0. The largest absolute Gasteiger partial charge is 0.324 e. The highest BCUT2D eigenvalue weighted by atomic mass is 35.5. The molecule has 22 heavy (non-hydrogen) atoms. The highest BCUT2D eigenvalue weighted by molar-refractivity contribution is 6.34. The second-order valence-corrected chi connectivity index (χ2v) is 5.48. The minimum Gasteiger partial charge on any atom is -0.324 e. The molecule has 0 saturated heterocycles. The first-order chi connectivity index (χ1) is 10.7. The van der Waals surface area contributed by atoms with Gasteiger partial charge in [-0.25, -0.2) is 9.97 Å². The van der Waals surface area contributed by atoms with Gasteiger partial charge in [-0.1, -0.05) is 71.7 Å². The number of para-hydroxylation sites is 1. The number of halogens is 2. The molecule has 0 aliphatic carbocycles. The Balaban J connectivity index is 1.85. The highest BCUT2D eigenvalue weighted by Crippen LogP contribution is 2.26. The van der Waals surface area contributed by atoms with Crippen molar-refractivity contribution in [3.8, 4) is 0 Å². The molecule has 110 valence electrons. The molecule has 3 nitrogen and oxygen atoms in total. The number of nitrogens with one attached hydrogen (secondary N) is 1. The van der Waals surface area contributed by atoms with Crippen molar-refractivity contribution in [3.63, 3.8) is 0 Å². The molecule has 1 N–H and O–H groups in total. The Morgan fingerprint density at radius 3 is 1.91 bits per heavy atom. The standard InChI is InChI=1S/C17H13Cl2N3/c18-15-14(11-12-7-3-1-4-8-12)16(19)22-17(21-15)20-13-9-5-2-6-10-13/h1-10H,11H2,(H,20,21,22). The lowest BCUT2D eigenvalue weighted by molar-refractivity contribution is 1.08. The molecule has 0 bridgehead atoms. The van der Waals surface area contributed by atoms with Crippen LogP contribution in [0.5, 0.6) is 0 Å². The van der Waals surface area contributed by atoms with E-state index >= 15 is 0 Å². The molecular formula is C17H13Cl2N3. The lowest BCUT2D eigenvalue weighted by Crippen LogP contribution is -2.02. The van der Waals surface area contributed by atoms with Crippen LogP contribution in [0.1, 0.15) is 11.1 Å². The fourth-order valence-electron chi connectivity index (χ4n) is 2.08. The zero-order valence-electron chi connectivity index (χ0n) is 11.6. The minimum atomic E-state index is 0.363. The van der Waals surface area contributed by atoms with E-state index in [9.17, 15) is 0 Å². The van der Waals surface area contributed by atoms with E-state index in [1.54, 1.807) is 0 Å². The van der Waals surface area contributed by atoms with Gasteiger partial charge in [0.2, 0.25) is 5.95 Å². The lowest BCUT2D eigenvalue weighted by atomic mass is 10.1. The van der Waals surface area contributed by atoms with Crippen molar-refractivity contribution in [2.75, 3.05) is 5.32 Å². The van der Waals surface area contributed by atoms with E-state index in [1.165, 1.54) is 0 Å². The van der Waals surface area contributed by atoms with Crippen LogP contribution in [-0.4, -0.2) is 9.97 Å². The summed E-state index contributed by atoms with van der Waals surface area (Å²) < 4.78 is 0. The zero-order valence-corrected chi connectivity index (χ0v) is 13.1. The van der Waals surface area contributed by atoms with E-state index in [4.69, 9.17) is 23.2 Å². The number of hydrogen-bond donors (Lipinski definition) is 1. The smallest absolute Gasteiger partial charge is 0.230 e. The highest BCUT2D eigenvalue weighted by Gasteiger charge is 2.12. The van der Waals surface area contributed by atoms with Gasteiger partial charge < -0.3 is 5.32 Å². The summed E-state index contributed by atoms with van der Waals surface area (Å²) in [4.78, 5) is 8.57. The molecule has 0 aliphatic rings. The Hall–Kier alpha value is -2.10. The quantitative estimate of drug-likeness (QED) is 0.675. The summed E-state index contributed by atoms with van der Waals surface area (Å²) in [5.41, 5.74) is 2.72. The third kappa shape index (κ3) is 3.56. The van der Waals surface area contributed by atoms with Gasteiger partial charge in [-0.05, 0) is 17.7 Å². The van der Waals surface area contributed by atoms with Crippen LogP contribution in [0.3, 0.4) is 0 Å². The average molecular weight is 330 g/mol. The first kappa shape index (κ1) is 14.8. The summed E-state index contributed by atoms with van der Waals surface area (Å²) in [5.74, 6) is 0.387. The molecule has 0 radical (unpaired) electrons. The van der Waals surface area contributed by atoms with E-state index in [0.717, 1.165) is 16.8 Å². The molecule has 0 saturated carbocycles. The van der Waals surface area contributed by atoms with Gasteiger partial charge in [0, 0.05) is 17.7 Å². The van der Waals surface area contributed by atoms with Crippen LogP contribution < -0.4 is 5.32 Å². The van der Waals surface area contributed by atoms with Crippen molar-refractivity contribution in [2.45, 2.75) is 6.42 Å². The molecule has 1 aromatic heterocycles. The summed E-state index contributed by atoms with van der Waals surface area (Å²) in [5, 5.41) is 3.81. The SMILES string of the molecule is Clc1nc(Nc2ccccc2)nc(Cl)c1Cc1ccccc1. The Bertz CT molecular complexity index is 738. The second-order valence-electron chi connectivity index (χ2n) is 4.76. The van der Waals surface area contributed by atoms with Crippen molar-refractivity contribution in [3.05, 3.63) is 82.1 Å². The molecule has 0 amide bonds. The van der Waals surface area contributed by atoms with Crippen LogP contribution in [0.25, 0.3) is 0 Å². The molecule has 1 heterocycles. The molecule has 0 atom stereocenters. The second kappa shape index (κ2) is 6.77. The Morgan fingerprint density at radius 1 is 0.773 bits per heavy atom. The van der Waals surface area contributed by atoms with Gasteiger partial charge in [0.25, 0.3) is 0 Å². The third-order valence-electron chi connectivity index (χ3n) is 3.16. The fraction of sp³-hybridized carbons (Fsp3) is 0.0588. The first-order valence-corrected chi connectivity index (χ1v) is 7.56. The maximum absolute atomic E-state index is 6.28. The summed E-state index contributed by atoms with van der Waals surface area (Å²) >= 11 is 12.6. The van der Waals surface area contributed by atoms with Gasteiger partial charge >= 0.3 is 0 Å². The zero-order chi connectivity index (χ0) is 15.4. The maximum Gasteiger partial charge on any atom is 0.230 e.